The van der Waals surface area contributed by atoms with E-state index in [0.29, 0.717) is 12.4 Å². The highest BCUT2D eigenvalue weighted by Crippen LogP contribution is 2.24. The summed E-state index contributed by atoms with van der Waals surface area (Å²) in [7, 11) is 3.61. The minimum Gasteiger partial charge on any atom is -0.361 e. The maximum atomic E-state index is 12.6. The number of aryl methyl sites for hydroxylation is 1. The van der Waals surface area contributed by atoms with E-state index in [0.717, 1.165) is 27.7 Å². The first-order chi connectivity index (χ1) is 12.6. The van der Waals surface area contributed by atoms with E-state index in [1.165, 1.54) is 0 Å². The summed E-state index contributed by atoms with van der Waals surface area (Å²) in [4.78, 5) is 17.5. The summed E-state index contributed by atoms with van der Waals surface area (Å²) >= 11 is 1.62. The molecule has 1 aromatic carbocycles. The topological polar surface area (TPSA) is 66.0 Å². The van der Waals surface area contributed by atoms with Crippen molar-refractivity contribution in [3.63, 3.8) is 0 Å². The number of thiophene rings is 1. The van der Waals surface area contributed by atoms with Crippen LogP contribution in [0.1, 0.15) is 5.56 Å². The van der Waals surface area contributed by atoms with Crippen molar-refractivity contribution in [1.29, 1.82) is 0 Å². The van der Waals surface area contributed by atoms with Gasteiger partial charge in [0.25, 0.3) is 0 Å². The molecule has 2 amide bonds. The van der Waals surface area contributed by atoms with Crippen molar-refractivity contribution in [3.05, 3.63) is 58.9 Å². The molecule has 2 N–H and O–H groups in total. The highest BCUT2D eigenvalue weighted by Gasteiger charge is 2.15. The Labute approximate surface area is 155 Å². The molecule has 0 unspecified atom stereocenters. The number of benzene rings is 1. The standard InChI is InChI=1S/C19H19N5OS/c1-23(11-13-4-3-5-16-15(13)6-8-20-16)19(25)21-18-10-17(22-24(18)2)14-7-9-26-12-14/h3-10,12,20H,11H2,1-2H3,(H,21,25). The number of hydrogen-bond acceptors (Lipinski definition) is 3. The zero-order valence-electron chi connectivity index (χ0n) is 14.6. The lowest BCUT2D eigenvalue weighted by atomic mass is 10.1. The fraction of sp³-hybridized carbons (Fsp3) is 0.158. The molecule has 7 heteroatoms. The fourth-order valence-corrected chi connectivity index (χ4v) is 3.61. The van der Waals surface area contributed by atoms with Crippen molar-refractivity contribution in [3.8, 4) is 11.3 Å². The predicted octanol–water partition coefficient (Wildman–Crippen LogP) is 4.29. The highest BCUT2D eigenvalue weighted by atomic mass is 32.1. The molecule has 0 aliphatic heterocycles. The minimum atomic E-state index is -0.169. The van der Waals surface area contributed by atoms with Gasteiger partial charge in [-0.05, 0) is 29.1 Å². The van der Waals surface area contributed by atoms with Crippen molar-refractivity contribution in [2.45, 2.75) is 6.54 Å². The van der Waals surface area contributed by atoms with Crippen LogP contribution in [0, 0.1) is 0 Å². The van der Waals surface area contributed by atoms with Crippen LogP contribution in [0.2, 0.25) is 0 Å². The molecule has 0 fully saturated rings. The second kappa shape index (κ2) is 6.68. The second-order valence-corrected chi connectivity index (χ2v) is 6.97. The van der Waals surface area contributed by atoms with Crippen LogP contribution in [0.15, 0.2) is 53.4 Å². The number of fused-ring (bicyclic) bond motifs is 1. The number of carbonyl (C=O) groups excluding carboxylic acids is 1. The lowest BCUT2D eigenvalue weighted by Gasteiger charge is -2.18. The molecular formula is C19H19N5OS. The average Bonchev–Trinajstić information content (AvgIpc) is 3.36. The number of rotatable bonds is 4. The van der Waals surface area contributed by atoms with Crippen LogP contribution in [0.5, 0.6) is 0 Å². The Morgan fingerprint density at radius 1 is 1.35 bits per heavy atom. The number of aromatic nitrogens is 3. The molecule has 4 aromatic rings. The Hall–Kier alpha value is -3.06. The SMILES string of the molecule is CN(Cc1cccc2[nH]ccc12)C(=O)Nc1cc(-c2ccsc2)nn1C. The van der Waals surface area contributed by atoms with E-state index in [1.807, 2.05) is 60.4 Å². The summed E-state index contributed by atoms with van der Waals surface area (Å²) in [6.45, 7) is 0.524. The lowest BCUT2D eigenvalue weighted by Crippen LogP contribution is -2.31. The van der Waals surface area contributed by atoms with Gasteiger partial charge in [0, 0.05) is 54.7 Å². The van der Waals surface area contributed by atoms with Crippen LogP contribution >= 0.6 is 11.3 Å². The van der Waals surface area contributed by atoms with E-state index in [2.05, 4.69) is 15.4 Å². The molecule has 26 heavy (non-hydrogen) atoms. The third-order valence-corrected chi connectivity index (χ3v) is 5.05. The number of nitrogens with one attached hydrogen (secondary N) is 2. The average molecular weight is 365 g/mol. The number of H-pyrrole nitrogens is 1. The van der Waals surface area contributed by atoms with Gasteiger partial charge in [0.1, 0.15) is 5.82 Å². The van der Waals surface area contributed by atoms with Crippen molar-refractivity contribution in [2.24, 2.45) is 7.05 Å². The van der Waals surface area contributed by atoms with E-state index in [-0.39, 0.29) is 6.03 Å². The zero-order valence-corrected chi connectivity index (χ0v) is 15.4. The molecule has 132 valence electrons. The molecule has 0 atom stereocenters. The van der Waals surface area contributed by atoms with E-state index in [1.54, 1.807) is 28.0 Å². The van der Waals surface area contributed by atoms with E-state index >= 15 is 0 Å². The van der Waals surface area contributed by atoms with Crippen LogP contribution in [0.3, 0.4) is 0 Å². The van der Waals surface area contributed by atoms with Crippen molar-refractivity contribution >= 4 is 34.1 Å². The number of aromatic amines is 1. The number of hydrogen-bond donors (Lipinski definition) is 2. The summed E-state index contributed by atoms with van der Waals surface area (Å²) in [5.74, 6) is 0.669. The lowest BCUT2D eigenvalue weighted by molar-refractivity contribution is 0.220. The van der Waals surface area contributed by atoms with Gasteiger partial charge in [0.05, 0.1) is 5.69 Å². The summed E-state index contributed by atoms with van der Waals surface area (Å²) in [5.41, 5.74) is 4.08. The Bertz CT molecular complexity index is 1050. The maximum Gasteiger partial charge on any atom is 0.323 e. The van der Waals surface area contributed by atoms with E-state index < -0.39 is 0 Å². The second-order valence-electron chi connectivity index (χ2n) is 6.19. The summed E-state index contributed by atoms with van der Waals surface area (Å²) in [5, 5.41) is 12.6. The first kappa shape index (κ1) is 16.4. The van der Waals surface area contributed by atoms with Crippen LogP contribution in [-0.4, -0.2) is 32.7 Å². The third-order valence-electron chi connectivity index (χ3n) is 4.37. The molecule has 0 aliphatic carbocycles. The first-order valence-corrected chi connectivity index (χ1v) is 9.20. The van der Waals surface area contributed by atoms with Gasteiger partial charge in [-0.2, -0.15) is 16.4 Å². The number of anilines is 1. The van der Waals surface area contributed by atoms with Gasteiger partial charge in [-0.1, -0.05) is 12.1 Å². The Morgan fingerprint density at radius 3 is 3.04 bits per heavy atom. The minimum absolute atomic E-state index is 0.169. The van der Waals surface area contributed by atoms with Crippen LogP contribution < -0.4 is 5.32 Å². The number of carbonyl (C=O) groups is 1. The third kappa shape index (κ3) is 3.09. The van der Waals surface area contributed by atoms with Crippen LogP contribution in [-0.2, 0) is 13.6 Å². The monoisotopic (exact) mass is 365 g/mol. The fourth-order valence-electron chi connectivity index (χ4n) is 2.96. The molecule has 0 spiro atoms. The Kier molecular flexibility index (Phi) is 4.22. The zero-order chi connectivity index (χ0) is 18.1. The number of nitrogens with zero attached hydrogens (tertiary/aromatic N) is 3. The molecule has 0 radical (unpaired) electrons. The Morgan fingerprint density at radius 2 is 2.23 bits per heavy atom. The molecule has 0 saturated carbocycles. The molecule has 6 nitrogen and oxygen atoms in total. The summed E-state index contributed by atoms with van der Waals surface area (Å²) in [6, 6.07) is 11.8. The van der Waals surface area contributed by atoms with Gasteiger partial charge in [-0.3, -0.25) is 10.00 Å². The normalized spacial score (nSPS) is 11.0. The van der Waals surface area contributed by atoms with Gasteiger partial charge in [-0.15, -0.1) is 0 Å². The van der Waals surface area contributed by atoms with Crippen LogP contribution in [0.4, 0.5) is 10.6 Å². The number of urea groups is 1. The van der Waals surface area contributed by atoms with Gasteiger partial charge in [0.15, 0.2) is 0 Å². The Balaban J connectivity index is 1.49. The van der Waals surface area contributed by atoms with Crippen molar-refractivity contribution in [2.75, 3.05) is 12.4 Å². The van der Waals surface area contributed by atoms with Gasteiger partial charge < -0.3 is 9.88 Å². The van der Waals surface area contributed by atoms with Crippen molar-refractivity contribution in [1.82, 2.24) is 19.7 Å². The van der Waals surface area contributed by atoms with Gasteiger partial charge in [-0.25, -0.2) is 4.79 Å². The van der Waals surface area contributed by atoms with Gasteiger partial charge >= 0.3 is 6.03 Å². The van der Waals surface area contributed by atoms with E-state index in [4.69, 9.17) is 0 Å². The number of amides is 2. The van der Waals surface area contributed by atoms with Crippen molar-refractivity contribution < 1.29 is 4.79 Å². The quantitative estimate of drug-likeness (QED) is 0.566. The highest BCUT2D eigenvalue weighted by molar-refractivity contribution is 7.08. The van der Waals surface area contributed by atoms with Gasteiger partial charge in [0.2, 0.25) is 0 Å². The smallest absolute Gasteiger partial charge is 0.323 e. The predicted molar refractivity (Wildman–Crippen MR) is 105 cm³/mol. The molecule has 3 heterocycles. The summed E-state index contributed by atoms with van der Waals surface area (Å²) in [6.07, 6.45) is 1.91. The molecule has 0 bridgehead atoms. The van der Waals surface area contributed by atoms with E-state index in [9.17, 15) is 4.79 Å². The summed E-state index contributed by atoms with van der Waals surface area (Å²) < 4.78 is 1.69. The molecule has 0 aliphatic rings. The first-order valence-electron chi connectivity index (χ1n) is 8.25. The molecule has 0 saturated heterocycles. The molecular weight excluding hydrogens is 346 g/mol. The maximum absolute atomic E-state index is 12.6. The molecule has 4 rings (SSSR count). The molecule has 3 aromatic heterocycles. The van der Waals surface area contributed by atoms with Crippen LogP contribution in [0.25, 0.3) is 22.2 Å². The largest absolute Gasteiger partial charge is 0.361 e.